The highest BCUT2D eigenvalue weighted by Crippen LogP contribution is 2.42. The number of hydrogen-bond donors (Lipinski definition) is 1. The minimum Gasteiger partial charge on any atom is -0.508 e. The molecule has 0 atom stereocenters. The number of aromatic hydroxyl groups is 1. The van der Waals surface area contributed by atoms with E-state index >= 15 is 4.39 Å². The van der Waals surface area contributed by atoms with Crippen LogP contribution in [0.3, 0.4) is 0 Å². The molecule has 2 fully saturated rings. The van der Waals surface area contributed by atoms with Gasteiger partial charge in [-0.3, -0.25) is 0 Å². The third-order valence-corrected chi connectivity index (χ3v) is 10.2. The van der Waals surface area contributed by atoms with E-state index in [9.17, 15) is 9.32 Å². The van der Waals surface area contributed by atoms with E-state index in [1.807, 2.05) is 43.3 Å². The van der Waals surface area contributed by atoms with Gasteiger partial charge >= 0.3 is 0 Å². The van der Waals surface area contributed by atoms with E-state index in [-0.39, 0.29) is 27.7 Å². The summed E-state index contributed by atoms with van der Waals surface area (Å²) in [5, 5.41) is 12.4. The van der Waals surface area contributed by atoms with Gasteiger partial charge in [0.1, 0.15) is 11.3 Å². The summed E-state index contributed by atoms with van der Waals surface area (Å²) in [6, 6.07) is 12.5. The molecule has 2 aliphatic rings. The number of benzene rings is 3. The molecule has 0 unspecified atom stereocenters. The first-order chi connectivity index (χ1) is 18.2. The maximum atomic E-state index is 16.5. The molecule has 10 heteroatoms. The van der Waals surface area contributed by atoms with E-state index < -0.39 is 15.5 Å². The SMILES string of the molecule is CN(C)C1CN(c2nc(N=S3(=O)CCCCC3)c3cc(Cl)c(-c4cc(O)cc5ccccc45)c(F)c3n2)C1. The number of halogens is 2. The Morgan fingerprint density at radius 2 is 1.82 bits per heavy atom. The summed E-state index contributed by atoms with van der Waals surface area (Å²) < 4.78 is 34.7. The summed E-state index contributed by atoms with van der Waals surface area (Å²) in [4.78, 5) is 13.4. The van der Waals surface area contributed by atoms with Gasteiger partial charge in [-0.25, -0.2) is 13.6 Å². The van der Waals surface area contributed by atoms with Gasteiger partial charge < -0.3 is 14.9 Å². The highest BCUT2D eigenvalue weighted by atomic mass is 35.5. The van der Waals surface area contributed by atoms with Crippen LogP contribution in [0.4, 0.5) is 16.2 Å². The largest absolute Gasteiger partial charge is 0.508 e. The van der Waals surface area contributed by atoms with Crippen LogP contribution in [0.25, 0.3) is 32.8 Å². The van der Waals surface area contributed by atoms with Gasteiger partial charge in [0, 0.05) is 36.2 Å². The van der Waals surface area contributed by atoms with Crippen LogP contribution in [0.5, 0.6) is 5.75 Å². The van der Waals surface area contributed by atoms with Crippen LogP contribution in [0.2, 0.25) is 5.02 Å². The zero-order valence-corrected chi connectivity index (χ0v) is 22.9. The molecular formula is C28H29ClFN5O2S. The molecule has 3 aromatic carbocycles. The number of anilines is 1. The predicted octanol–water partition coefficient (Wildman–Crippen LogP) is 5.98. The van der Waals surface area contributed by atoms with Crippen molar-refractivity contribution in [3.63, 3.8) is 0 Å². The summed E-state index contributed by atoms with van der Waals surface area (Å²) in [5.74, 6) is 0.983. The molecule has 0 spiro atoms. The fourth-order valence-electron chi connectivity index (χ4n) is 5.26. The van der Waals surface area contributed by atoms with Crippen LogP contribution in [0, 0.1) is 5.82 Å². The Balaban J connectivity index is 1.59. The molecule has 0 aliphatic carbocycles. The van der Waals surface area contributed by atoms with Gasteiger partial charge in [-0.15, -0.1) is 0 Å². The predicted molar refractivity (Wildman–Crippen MR) is 153 cm³/mol. The summed E-state index contributed by atoms with van der Waals surface area (Å²) in [5.41, 5.74) is 0.699. The van der Waals surface area contributed by atoms with Crippen LogP contribution in [0.1, 0.15) is 19.3 Å². The summed E-state index contributed by atoms with van der Waals surface area (Å²) in [6.07, 6.45) is 2.72. The molecule has 4 aromatic rings. The van der Waals surface area contributed by atoms with Crippen molar-refractivity contribution in [1.29, 1.82) is 0 Å². The minimum absolute atomic E-state index is 0.0119. The number of aromatic nitrogens is 2. The lowest BCUT2D eigenvalue weighted by atomic mass is 9.96. The number of hydrogen-bond acceptors (Lipinski definition) is 7. The first kappa shape index (κ1) is 25.3. The molecule has 2 saturated heterocycles. The van der Waals surface area contributed by atoms with Gasteiger partial charge in [-0.05, 0) is 61.5 Å². The molecule has 7 nitrogen and oxygen atoms in total. The molecule has 198 valence electrons. The van der Waals surface area contributed by atoms with Crippen molar-refractivity contribution >= 4 is 54.8 Å². The second-order valence-electron chi connectivity index (χ2n) is 10.4. The maximum absolute atomic E-state index is 16.5. The molecule has 38 heavy (non-hydrogen) atoms. The highest BCUT2D eigenvalue weighted by molar-refractivity contribution is 7.93. The van der Waals surface area contributed by atoms with E-state index in [1.165, 1.54) is 6.07 Å². The third-order valence-electron chi connectivity index (χ3n) is 7.52. The molecule has 0 amide bonds. The molecule has 3 heterocycles. The van der Waals surface area contributed by atoms with Gasteiger partial charge in [-0.2, -0.15) is 9.35 Å². The lowest BCUT2D eigenvalue weighted by molar-refractivity contribution is 0.245. The number of phenols is 1. The fourth-order valence-corrected chi connectivity index (χ4v) is 7.70. The van der Waals surface area contributed by atoms with Gasteiger partial charge in [-0.1, -0.05) is 42.3 Å². The molecule has 6 rings (SSSR count). The van der Waals surface area contributed by atoms with Crippen molar-refractivity contribution in [3.05, 3.63) is 53.3 Å². The number of likely N-dealkylation sites (N-methyl/N-ethyl adjacent to an activating group) is 1. The smallest absolute Gasteiger partial charge is 0.228 e. The molecule has 0 bridgehead atoms. The van der Waals surface area contributed by atoms with Crippen molar-refractivity contribution in [2.45, 2.75) is 25.3 Å². The lowest BCUT2D eigenvalue weighted by Gasteiger charge is -2.42. The van der Waals surface area contributed by atoms with Crippen LogP contribution in [-0.2, 0) is 9.73 Å². The lowest BCUT2D eigenvalue weighted by Crippen LogP contribution is -2.58. The monoisotopic (exact) mass is 553 g/mol. The Hall–Kier alpha value is -3.01. The van der Waals surface area contributed by atoms with E-state index in [2.05, 4.69) is 19.2 Å². The van der Waals surface area contributed by atoms with Gasteiger partial charge in [0.25, 0.3) is 0 Å². The van der Waals surface area contributed by atoms with E-state index in [0.29, 0.717) is 47.5 Å². The quantitative estimate of drug-likeness (QED) is 0.335. The average molecular weight is 554 g/mol. The number of phenolic OH excluding ortho intramolecular Hbond substituents is 1. The summed E-state index contributed by atoms with van der Waals surface area (Å²) in [7, 11) is 1.53. The number of nitrogens with zero attached hydrogens (tertiary/aromatic N) is 5. The van der Waals surface area contributed by atoms with E-state index in [1.54, 1.807) is 12.1 Å². The van der Waals surface area contributed by atoms with Crippen molar-refractivity contribution in [2.75, 3.05) is 43.6 Å². The second-order valence-corrected chi connectivity index (χ2v) is 13.3. The Bertz CT molecular complexity index is 1680. The fraction of sp³-hybridized carbons (Fsp3) is 0.357. The third kappa shape index (κ3) is 4.46. The van der Waals surface area contributed by atoms with Crippen LogP contribution < -0.4 is 4.90 Å². The van der Waals surface area contributed by atoms with Crippen molar-refractivity contribution in [1.82, 2.24) is 14.9 Å². The van der Waals surface area contributed by atoms with Crippen molar-refractivity contribution in [3.8, 4) is 16.9 Å². The Kier molecular flexibility index (Phi) is 6.40. The summed E-state index contributed by atoms with van der Waals surface area (Å²) >= 11 is 6.73. The standard InChI is InChI=1S/C28H29ClFN5O2S/c1-34(2)18-15-35(16-18)28-31-26-22(27(32-28)33-38(37)10-6-3-7-11-38)14-23(29)24(25(26)30)21-13-19(36)12-17-8-4-5-9-20(17)21/h4-5,8-9,12-14,18,36H,3,6-7,10-11,15-16H2,1-2H3. The molecule has 1 aromatic heterocycles. The maximum Gasteiger partial charge on any atom is 0.228 e. The Morgan fingerprint density at radius 1 is 1.08 bits per heavy atom. The minimum atomic E-state index is -2.50. The van der Waals surface area contributed by atoms with Gasteiger partial charge in [0.2, 0.25) is 5.95 Å². The van der Waals surface area contributed by atoms with Crippen molar-refractivity contribution < 1.29 is 13.7 Å². The molecule has 1 N–H and O–H groups in total. The molecule has 0 saturated carbocycles. The molecule has 2 aliphatic heterocycles. The van der Waals surface area contributed by atoms with Crippen LogP contribution in [0.15, 0.2) is 46.8 Å². The average Bonchev–Trinajstić information content (AvgIpc) is 2.84. The Labute approximate surface area is 226 Å². The summed E-state index contributed by atoms with van der Waals surface area (Å²) in [6.45, 7) is 1.40. The highest BCUT2D eigenvalue weighted by Gasteiger charge is 2.32. The molecule has 0 radical (unpaired) electrons. The normalized spacial score (nSPS) is 17.8. The topological polar surface area (TPSA) is 81.9 Å². The number of rotatable bonds is 4. The second kappa shape index (κ2) is 9.63. The van der Waals surface area contributed by atoms with E-state index in [4.69, 9.17) is 11.6 Å². The first-order valence-electron chi connectivity index (χ1n) is 12.8. The van der Waals surface area contributed by atoms with Gasteiger partial charge in [0.05, 0.1) is 20.1 Å². The van der Waals surface area contributed by atoms with Crippen LogP contribution in [-0.4, -0.2) is 68.9 Å². The zero-order valence-electron chi connectivity index (χ0n) is 21.3. The Morgan fingerprint density at radius 3 is 2.55 bits per heavy atom. The zero-order chi connectivity index (χ0) is 26.6. The van der Waals surface area contributed by atoms with Gasteiger partial charge in [0.15, 0.2) is 11.6 Å². The van der Waals surface area contributed by atoms with E-state index in [0.717, 1.165) is 30.0 Å². The first-order valence-corrected chi connectivity index (χ1v) is 15.0. The van der Waals surface area contributed by atoms with Crippen molar-refractivity contribution in [2.24, 2.45) is 4.36 Å². The van der Waals surface area contributed by atoms with Crippen LogP contribution >= 0.6 is 11.6 Å². The molecular weight excluding hydrogens is 525 g/mol. The number of fused-ring (bicyclic) bond motifs is 2.